The zero-order valence-corrected chi connectivity index (χ0v) is 17.4. The molecule has 0 saturated carbocycles. The molecule has 19 heavy (non-hydrogen) atoms. The SMILES string of the molecule is O=S(=O)(O)OOS(=O)(=O)O.O=S([O-])OS(=O)[O-].[K+].[Na+]. The van der Waals surface area contributed by atoms with Gasteiger partial charge in [0, 0.05) is 0 Å². The number of rotatable bonds is 5. The summed E-state index contributed by atoms with van der Waals surface area (Å²) in [6.07, 6.45) is 0. The molecule has 13 nitrogen and oxygen atoms in total. The number of hydrogen-bond acceptors (Lipinski definition) is 11. The van der Waals surface area contributed by atoms with E-state index in [1.54, 1.807) is 0 Å². The molecule has 0 aromatic rings. The first-order valence-corrected chi connectivity index (χ1v) is 7.26. The summed E-state index contributed by atoms with van der Waals surface area (Å²) >= 11 is -5.92. The van der Waals surface area contributed by atoms with E-state index in [-0.39, 0.29) is 80.9 Å². The van der Waals surface area contributed by atoms with Gasteiger partial charge in [0.25, 0.3) is 0 Å². The first kappa shape index (κ1) is 29.6. The van der Waals surface area contributed by atoms with Crippen LogP contribution < -0.4 is 80.9 Å². The second kappa shape index (κ2) is 14.2. The van der Waals surface area contributed by atoms with Crippen LogP contribution >= 0.6 is 0 Å². The Morgan fingerprint density at radius 3 is 1.11 bits per heavy atom. The van der Waals surface area contributed by atoms with Crippen molar-refractivity contribution in [2.75, 3.05) is 0 Å². The molecular weight excluding hydrogens is 398 g/mol. The molecule has 0 saturated heterocycles. The van der Waals surface area contributed by atoms with Crippen LogP contribution in [0.15, 0.2) is 0 Å². The fraction of sp³-hybridized carbons (Fsp3) is 0. The summed E-state index contributed by atoms with van der Waals surface area (Å²) in [6, 6.07) is 0. The average molecular weight is 400 g/mol. The standard InChI is InChI=1S/K.Na.H2O8S2.H2O5S2/c;;1-9(2,3)7-8-10(4,5)6;1-6(2)5-7(3)4/h;;(H,1,2,3)(H,4,5,6);(H,1,2)(H,3,4)/q2*+1;;/p-2. The number of hydrogen-bond donors (Lipinski definition) is 2. The van der Waals surface area contributed by atoms with Gasteiger partial charge in [-0.25, -0.2) is 12.0 Å². The topological polar surface area (TPSA) is 217 Å². The summed E-state index contributed by atoms with van der Waals surface area (Å²) in [5.41, 5.74) is 0. The quantitative estimate of drug-likeness (QED) is 0.144. The fourth-order valence-electron chi connectivity index (χ4n) is 0.116. The molecule has 0 aliphatic rings. The zero-order valence-electron chi connectivity index (χ0n) is 9.02. The van der Waals surface area contributed by atoms with E-state index >= 15 is 0 Å². The monoisotopic (exact) mass is 400 g/mol. The van der Waals surface area contributed by atoms with Crippen LogP contribution in [0.4, 0.5) is 0 Å². The molecule has 0 spiro atoms. The molecule has 0 rings (SSSR count). The molecule has 0 bridgehead atoms. The Bertz CT molecular complexity index is 415. The Kier molecular flexibility index (Phi) is 22.0. The molecule has 19 heteroatoms. The van der Waals surface area contributed by atoms with Gasteiger partial charge in [0.15, 0.2) is 0 Å². The van der Waals surface area contributed by atoms with Crippen molar-refractivity contribution >= 4 is 43.5 Å². The third-order valence-electron chi connectivity index (χ3n) is 0.311. The van der Waals surface area contributed by atoms with Crippen molar-refractivity contribution in [1.29, 1.82) is 0 Å². The molecule has 0 unspecified atom stereocenters. The van der Waals surface area contributed by atoms with Crippen molar-refractivity contribution in [3.8, 4) is 0 Å². The third kappa shape index (κ3) is 38.5. The molecule has 106 valence electrons. The average Bonchev–Trinajstić information content (AvgIpc) is 1.96. The molecule has 0 atom stereocenters. The molecule has 0 amide bonds. The smallest absolute Gasteiger partial charge is 0.749 e. The summed E-state index contributed by atoms with van der Waals surface area (Å²) in [5.74, 6) is 0. The third-order valence-corrected chi connectivity index (χ3v) is 1.77. The van der Waals surface area contributed by atoms with Crippen molar-refractivity contribution < 1.29 is 137 Å². The summed E-state index contributed by atoms with van der Waals surface area (Å²) in [7, 11) is -10.0. The van der Waals surface area contributed by atoms with Crippen molar-refractivity contribution in [2.45, 2.75) is 0 Å². The Balaban J connectivity index is -0.000000112. The second-order valence-corrected chi connectivity index (χ2v) is 4.81. The predicted molar refractivity (Wildman–Crippen MR) is 44.2 cm³/mol. The summed E-state index contributed by atoms with van der Waals surface area (Å²) in [5, 5.41) is 0. The first-order valence-electron chi connectivity index (χ1n) is 2.53. The van der Waals surface area contributed by atoms with Gasteiger partial charge >= 0.3 is 102 Å². The molecular formula is H2KNaO13S4. The Morgan fingerprint density at radius 1 is 0.842 bits per heavy atom. The van der Waals surface area contributed by atoms with E-state index in [2.05, 4.69) is 12.3 Å². The molecule has 0 aromatic heterocycles. The zero-order chi connectivity index (χ0) is 14.3. The van der Waals surface area contributed by atoms with Crippen LogP contribution in [-0.4, -0.2) is 43.5 Å². The summed E-state index contributed by atoms with van der Waals surface area (Å²) in [4.78, 5) is 0. The summed E-state index contributed by atoms with van der Waals surface area (Å²) < 4.78 is 98.7. The molecule has 0 fully saturated rings. The fourth-order valence-corrected chi connectivity index (χ4v) is 1.04. The maximum Gasteiger partial charge on any atom is 1.00 e. The molecule has 0 aliphatic carbocycles. The van der Waals surface area contributed by atoms with Crippen molar-refractivity contribution in [2.24, 2.45) is 0 Å². The van der Waals surface area contributed by atoms with Gasteiger partial charge in [-0.15, -0.1) is 0 Å². The second-order valence-electron chi connectivity index (χ2n) is 1.47. The predicted octanol–water partition coefficient (Wildman–Crippen LogP) is -8.86. The Hall–Kier alpha value is 2.56. The van der Waals surface area contributed by atoms with Crippen LogP contribution in [0.1, 0.15) is 0 Å². The normalized spacial score (nSPS) is 13.9. The maximum atomic E-state index is 9.51. The van der Waals surface area contributed by atoms with Gasteiger partial charge in [-0.05, 0) is 0 Å². The van der Waals surface area contributed by atoms with E-state index in [9.17, 15) is 34.4 Å². The van der Waals surface area contributed by atoms with Crippen LogP contribution in [0.25, 0.3) is 0 Å². The Labute approximate surface area is 177 Å². The van der Waals surface area contributed by atoms with Gasteiger partial charge in [0.05, 0.1) is 22.7 Å². The minimum absolute atomic E-state index is 0. The minimum atomic E-state index is -5.02. The molecule has 2 N–H and O–H groups in total. The van der Waals surface area contributed by atoms with Gasteiger partial charge in [-0.3, -0.25) is 9.11 Å². The van der Waals surface area contributed by atoms with Crippen LogP contribution in [0.3, 0.4) is 0 Å². The van der Waals surface area contributed by atoms with E-state index in [1.165, 1.54) is 0 Å². The molecule has 0 radical (unpaired) electrons. The van der Waals surface area contributed by atoms with Gasteiger partial charge in [0.1, 0.15) is 0 Å². The van der Waals surface area contributed by atoms with Crippen molar-refractivity contribution in [1.82, 2.24) is 0 Å². The summed E-state index contributed by atoms with van der Waals surface area (Å²) in [6.45, 7) is 0. The van der Waals surface area contributed by atoms with E-state index < -0.39 is 43.5 Å². The van der Waals surface area contributed by atoms with E-state index in [1.807, 2.05) is 0 Å². The van der Waals surface area contributed by atoms with Crippen molar-refractivity contribution in [3.63, 3.8) is 0 Å². The molecule has 0 aromatic carbocycles. The molecule has 0 aliphatic heterocycles. The van der Waals surface area contributed by atoms with Gasteiger partial charge in [-0.1, -0.05) is 8.67 Å². The largest absolute Gasteiger partial charge is 1.00 e. The minimum Gasteiger partial charge on any atom is -0.749 e. The van der Waals surface area contributed by atoms with Crippen LogP contribution in [0, 0.1) is 0 Å². The maximum absolute atomic E-state index is 9.51. The van der Waals surface area contributed by atoms with Crippen molar-refractivity contribution in [3.05, 3.63) is 0 Å². The van der Waals surface area contributed by atoms with Gasteiger partial charge in [0.2, 0.25) is 0 Å². The van der Waals surface area contributed by atoms with Crippen LogP contribution in [0.2, 0.25) is 0 Å². The van der Waals surface area contributed by atoms with Gasteiger partial charge in [-0.2, -0.15) is 16.8 Å². The van der Waals surface area contributed by atoms with E-state index in [0.29, 0.717) is 0 Å². The van der Waals surface area contributed by atoms with Gasteiger partial charge < -0.3 is 9.11 Å². The molecule has 0 heterocycles. The van der Waals surface area contributed by atoms with E-state index in [4.69, 9.17) is 9.11 Å². The van der Waals surface area contributed by atoms with E-state index in [0.717, 1.165) is 0 Å². The van der Waals surface area contributed by atoms with Crippen LogP contribution in [-0.2, 0) is 55.8 Å². The Morgan fingerprint density at radius 2 is 1.05 bits per heavy atom. The first-order chi connectivity index (χ1) is 7.33. The van der Waals surface area contributed by atoms with Crippen LogP contribution in [0.5, 0.6) is 0 Å².